The van der Waals surface area contributed by atoms with Gasteiger partial charge in [-0.3, -0.25) is 0 Å². The van der Waals surface area contributed by atoms with Crippen molar-refractivity contribution in [3.63, 3.8) is 0 Å². The van der Waals surface area contributed by atoms with Crippen LogP contribution < -0.4 is 0 Å². The Morgan fingerprint density at radius 3 is 2.92 bits per heavy atom. The maximum Gasteiger partial charge on any atom is 0.211 e. The standard InChI is InChI=1S/C8H8N2O2S/c11-6-3-1-2-5(9-6)8-10-7(12)4-13-8/h1-3,7,12H,4H2,(H,9,11). The summed E-state index contributed by atoms with van der Waals surface area (Å²) >= 11 is 1.44. The number of hydrogen-bond donors (Lipinski definition) is 2. The molecular formula is C8H8N2O2S. The largest absolute Gasteiger partial charge is 0.493 e. The zero-order valence-electron chi connectivity index (χ0n) is 6.71. The highest BCUT2D eigenvalue weighted by molar-refractivity contribution is 8.14. The molecule has 1 aromatic rings. The molecule has 1 aromatic heterocycles. The molecule has 1 atom stereocenters. The Morgan fingerprint density at radius 1 is 1.46 bits per heavy atom. The lowest BCUT2D eigenvalue weighted by molar-refractivity contribution is 0.213. The summed E-state index contributed by atoms with van der Waals surface area (Å²) in [4.78, 5) is 7.84. The third-order valence-electron chi connectivity index (χ3n) is 1.59. The maximum absolute atomic E-state index is 9.13. The van der Waals surface area contributed by atoms with Crippen molar-refractivity contribution in [2.45, 2.75) is 6.23 Å². The van der Waals surface area contributed by atoms with Gasteiger partial charge in [0.2, 0.25) is 5.88 Å². The normalized spacial score (nSPS) is 21.6. The Morgan fingerprint density at radius 2 is 2.31 bits per heavy atom. The summed E-state index contributed by atoms with van der Waals surface area (Å²) in [5, 5.41) is 18.9. The molecule has 0 aliphatic carbocycles. The Labute approximate surface area is 79.3 Å². The van der Waals surface area contributed by atoms with Crippen molar-refractivity contribution in [2.24, 2.45) is 4.99 Å². The van der Waals surface area contributed by atoms with E-state index < -0.39 is 6.23 Å². The van der Waals surface area contributed by atoms with Crippen LogP contribution in [-0.2, 0) is 0 Å². The van der Waals surface area contributed by atoms with Gasteiger partial charge in [0.25, 0.3) is 0 Å². The van der Waals surface area contributed by atoms with Crippen LogP contribution in [0.1, 0.15) is 5.69 Å². The van der Waals surface area contributed by atoms with Gasteiger partial charge in [-0.25, -0.2) is 9.98 Å². The molecule has 0 radical (unpaired) electrons. The first-order valence-electron chi connectivity index (χ1n) is 3.81. The van der Waals surface area contributed by atoms with Crippen LogP contribution in [0.2, 0.25) is 0 Å². The van der Waals surface area contributed by atoms with Gasteiger partial charge in [0.05, 0.1) is 5.69 Å². The first-order chi connectivity index (χ1) is 6.25. The van der Waals surface area contributed by atoms with E-state index in [2.05, 4.69) is 9.98 Å². The quantitative estimate of drug-likeness (QED) is 0.690. The second kappa shape index (κ2) is 3.35. The van der Waals surface area contributed by atoms with Gasteiger partial charge in [-0.05, 0) is 6.07 Å². The fourth-order valence-electron chi connectivity index (χ4n) is 1.05. The molecule has 2 N–H and O–H groups in total. The minimum Gasteiger partial charge on any atom is -0.493 e. The number of aliphatic hydroxyl groups is 1. The molecule has 0 saturated carbocycles. The van der Waals surface area contributed by atoms with Gasteiger partial charge in [0, 0.05) is 11.8 Å². The number of hydrogen-bond acceptors (Lipinski definition) is 5. The molecule has 1 unspecified atom stereocenters. The Balaban J connectivity index is 2.31. The van der Waals surface area contributed by atoms with E-state index in [1.54, 1.807) is 12.1 Å². The van der Waals surface area contributed by atoms with Crippen LogP contribution in [-0.4, -0.2) is 32.2 Å². The van der Waals surface area contributed by atoms with E-state index in [0.717, 1.165) is 0 Å². The van der Waals surface area contributed by atoms with Crippen molar-refractivity contribution < 1.29 is 10.2 Å². The number of aliphatic imine (C=N–C) groups is 1. The van der Waals surface area contributed by atoms with Gasteiger partial charge >= 0.3 is 0 Å². The number of thioether (sulfide) groups is 1. The molecule has 1 aliphatic rings. The molecule has 0 aromatic carbocycles. The van der Waals surface area contributed by atoms with E-state index in [0.29, 0.717) is 16.5 Å². The second-order valence-corrected chi connectivity index (χ2v) is 3.62. The van der Waals surface area contributed by atoms with E-state index >= 15 is 0 Å². The van der Waals surface area contributed by atoms with E-state index in [9.17, 15) is 0 Å². The van der Waals surface area contributed by atoms with E-state index in [1.165, 1.54) is 17.8 Å². The van der Waals surface area contributed by atoms with Crippen LogP contribution in [0.15, 0.2) is 23.2 Å². The lowest BCUT2D eigenvalue weighted by Crippen LogP contribution is -1.99. The third kappa shape index (κ3) is 1.81. The topological polar surface area (TPSA) is 65.7 Å². The summed E-state index contributed by atoms with van der Waals surface area (Å²) in [6.07, 6.45) is -0.635. The second-order valence-electron chi connectivity index (χ2n) is 2.61. The first kappa shape index (κ1) is 8.52. The smallest absolute Gasteiger partial charge is 0.211 e. The molecule has 0 fully saturated rings. The number of pyridine rings is 1. The van der Waals surface area contributed by atoms with E-state index in [4.69, 9.17) is 10.2 Å². The number of nitrogens with zero attached hydrogens (tertiary/aromatic N) is 2. The first-order valence-corrected chi connectivity index (χ1v) is 4.79. The fourth-order valence-corrected chi connectivity index (χ4v) is 1.89. The summed E-state index contributed by atoms with van der Waals surface area (Å²) in [5.41, 5.74) is 0.613. The highest BCUT2D eigenvalue weighted by atomic mass is 32.2. The zero-order chi connectivity index (χ0) is 9.26. The SMILES string of the molecule is Oc1cccc(C2=NC(O)CS2)n1. The van der Waals surface area contributed by atoms with Crippen molar-refractivity contribution in [3.05, 3.63) is 23.9 Å². The minimum atomic E-state index is -0.635. The number of aliphatic hydroxyl groups excluding tert-OH is 1. The molecule has 1 aliphatic heterocycles. The molecule has 0 saturated heterocycles. The molecule has 0 spiro atoms. The number of aromatic nitrogens is 1. The van der Waals surface area contributed by atoms with Gasteiger partial charge in [-0.2, -0.15) is 0 Å². The zero-order valence-corrected chi connectivity index (χ0v) is 7.53. The van der Waals surface area contributed by atoms with E-state index in [-0.39, 0.29) is 5.88 Å². The molecule has 0 bridgehead atoms. The molecule has 13 heavy (non-hydrogen) atoms. The molecule has 2 heterocycles. The molecule has 0 amide bonds. The predicted molar refractivity (Wildman–Crippen MR) is 50.9 cm³/mol. The highest BCUT2D eigenvalue weighted by Gasteiger charge is 2.17. The average Bonchev–Trinajstić information content (AvgIpc) is 2.52. The number of aromatic hydroxyl groups is 1. The van der Waals surface area contributed by atoms with Crippen LogP contribution in [0.4, 0.5) is 0 Å². The highest BCUT2D eigenvalue weighted by Crippen LogP contribution is 2.21. The van der Waals surface area contributed by atoms with Gasteiger partial charge in [0.15, 0.2) is 6.23 Å². The van der Waals surface area contributed by atoms with Crippen molar-refractivity contribution in [3.8, 4) is 5.88 Å². The summed E-state index contributed by atoms with van der Waals surface area (Å²) in [5.74, 6) is 0.536. The van der Waals surface area contributed by atoms with Gasteiger partial charge in [-0.15, -0.1) is 0 Å². The van der Waals surface area contributed by atoms with Crippen LogP contribution in [0.25, 0.3) is 0 Å². The van der Waals surface area contributed by atoms with Crippen LogP contribution in [0.3, 0.4) is 0 Å². The Hall–Kier alpha value is -1.07. The number of rotatable bonds is 1. The summed E-state index contributed by atoms with van der Waals surface area (Å²) < 4.78 is 0. The molecular weight excluding hydrogens is 188 g/mol. The Bertz CT molecular complexity index is 354. The fraction of sp³-hybridized carbons (Fsp3) is 0.250. The third-order valence-corrected chi connectivity index (χ3v) is 2.64. The van der Waals surface area contributed by atoms with Crippen molar-refractivity contribution in [2.75, 3.05) is 5.75 Å². The van der Waals surface area contributed by atoms with Crippen LogP contribution in [0.5, 0.6) is 5.88 Å². The summed E-state index contributed by atoms with van der Waals surface area (Å²) in [6.45, 7) is 0. The summed E-state index contributed by atoms with van der Waals surface area (Å²) in [7, 11) is 0. The molecule has 5 heteroatoms. The van der Waals surface area contributed by atoms with Crippen LogP contribution in [0, 0.1) is 0 Å². The van der Waals surface area contributed by atoms with Gasteiger partial charge in [0.1, 0.15) is 5.04 Å². The van der Waals surface area contributed by atoms with E-state index in [1.807, 2.05) is 0 Å². The Kier molecular flexibility index (Phi) is 2.20. The maximum atomic E-state index is 9.13. The van der Waals surface area contributed by atoms with Gasteiger partial charge in [-0.1, -0.05) is 17.8 Å². The van der Waals surface area contributed by atoms with Crippen molar-refractivity contribution >= 4 is 16.8 Å². The predicted octanol–water partition coefficient (Wildman–Crippen LogP) is 0.599. The lowest BCUT2D eigenvalue weighted by atomic mass is 10.4. The minimum absolute atomic E-state index is 0.0258. The molecule has 68 valence electrons. The van der Waals surface area contributed by atoms with Crippen molar-refractivity contribution in [1.29, 1.82) is 0 Å². The average molecular weight is 196 g/mol. The van der Waals surface area contributed by atoms with Gasteiger partial charge < -0.3 is 10.2 Å². The lowest BCUT2D eigenvalue weighted by Gasteiger charge is -1.97. The van der Waals surface area contributed by atoms with Crippen LogP contribution >= 0.6 is 11.8 Å². The molecule has 4 nitrogen and oxygen atoms in total. The molecule has 2 rings (SSSR count). The monoisotopic (exact) mass is 196 g/mol. The van der Waals surface area contributed by atoms with Crippen molar-refractivity contribution in [1.82, 2.24) is 4.98 Å². The summed E-state index contributed by atoms with van der Waals surface area (Å²) in [6, 6.07) is 4.95.